The van der Waals surface area contributed by atoms with Gasteiger partial charge in [-0.2, -0.15) is 5.10 Å². The van der Waals surface area contributed by atoms with Gasteiger partial charge in [-0.1, -0.05) is 25.4 Å². The third-order valence-electron chi connectivity index (χ3n) is 1.85. The maximum Gasteiger partial charge on any atom is 0.131 e. The molecule has 12 heavy (non-hydrogen) atoms. The van der Waals surface area contributed by atoms with Crippen molar-refractivity contribution in [2.24, 2.45) is 12.8 Å². The number of hydrogen-bond donors (Lipinski definition) is 1. The molecule has 0 radical (unpaired) electrons. The van der Waals surface area contributed by atoms with Crippen LogP contribution in [0.2, 0.25) is 5.15 Å². The summed E-state index contributed by atoms with van der Waals surface area (Å²) in [4.78, 5) is 0. The maximum absolute atomic E-state index is 5.98. The van der Waals surface area contributed by atoms with E-state index < -0.39 is 0 Å². The number of aromatic nitrogens is 2. The van der Waals surface area contributed by atoms with Crippen molar-refractivity contribution in [3.8, 4) is 0 Å². The summed E-state index contributed by atoms with van der Waals surface area (Å²) in [5.41, 5.74) is 7.54. The number of hydrogen-bond acceptors (Lipinski definition) is 2. The zero-order valence-corrected chi connectivity index (χ0v) is 8.39. The molecule has 0 amide bonds. The molecule has 1 aromatic heterocycles. The van der Waals surface area contributed by atoms with E-state index >= 15 is 0 Å². The highest BCUT2D eigenvalue weighted by Crippen LogP contribution is 2.24. The molecular weight excluding hydrogens is 174 g/mol. The number of aryl methyl sites for hydroxylation is 1. The van der Waals surface area contributed by atoms with Crippen LogP contribution in [0.5, 0.6) is 0 Å². The van der Waals surface area contributed by atoms with Crippen molar-refractivity contribution in [2.45, 2.75) is 26.3 Å². The lowest BCUT2D eigenvalue weighted by molar-refractivity contribution is 0.712. The van der Waals surface area contributed by atoms with Crippen molar-refractivity contribution in [1.82, 2.24) is 9.78 Å². The zero-order chi connectivity index (χ0) is 9.30. The second kappa shape index (κ2) is 3.46. The number of nitrogens with zero attached hydrogens (tertiary/aromatic N) is 2. The fourth-order valence-corrected chi connectivity index (χ4v) is 1.43. The molecule has 0 atom stereocenters. The summed E-state index contributed by atoms with van der Waals surface area (Å²) in [6, 6.07) is 0. The monoisotopic (exact) mass is 187 g/mol. The van der Waals surface area contributed by atoms with E-state index in [0.29, 0.717) is 17.6 Å². The molecule has 0 fully saturated rings. The van der Waals surface area contributed by atoms with E-state index in [4.69, 9.17) is 17.3 Å². The molecule has 1 rings (SSSR count). The Morgan fingerprint density at radius 2 is 2.17 bits per heavy atom. The lowest BCUT2D eigenvalue weighted by Crippen LogP contribution is -2.01. The first-order chi connectivity index (χ1) is 5.57. The van der Waals surface area contributed by atoms with Gasteiger partial charge in [0.05, 0.1) is 5.69 Å². The van der Waals surface area contributed by atoms with Crippen LogP contribution in [-0.4, -0.2) is 9.78 Å². The summed E-state index contributed by atoms with van der Waals surface area (Å²) in [5.74, 6) is 0.377. The van der Waals surface area contributed by atoms with E-state index in [1.807, 2.05) is 7.05 Å². The van der Waals surface area contributed by atoms with Crippen LogP contribution < -0.4 is 5.73 Å². The smallest absolute Gasteiger partial charge is 0.131 e. The molecule has 0 spiro atoms. The molecule has 0 aromatic carbocycles. The van der Waals surface area contributed by atoms with E-state index in [0.717, 1.165) is 11.3 Å². The molecule has 3 nitrogen and oxygen atoms in total. The van der Waals surface area contributed by atoms with Gasteiger partial charge >= 0.3 is 0 Å². The summed E-state index contributed by atoms with van der Waals surface area (Å²) in [5, 5.41) is 4.94. The van der Waals surface area contributed by atoms with Gasteiger partial charge in [-0.3, -0.25) is 4.68 Å². The third kappa shape index (κ3) is 1.47. The van der Waals surface area contributed by atoms with Crippen LogP contribution >= 0.6 is 11.6 Å². The third-order valence-corrected chi connectivity index (χ3v) is 2.32. The molecule has 0 aliphatic rings. The second-order valence-electron chi connectivity index (χ2n) is 3.14. The number of rotatable bonds is 2. The van der Waals surface area contributed by atoms with E-state index in [1.165, 1.54) is 0 Å². The molecule has 0 saturated carbocycles. The second-order valence-corrected chi connectivity index (χ2v) is 3.50. The Labute approximate surface area is 77.5 Å². The fourth-order valence-electron chi connectivity index (χ4n) is 1.22. The molecule has 0 saturated heterocycles. The fraction of sp³-hybridized carbons (Fsp3) is 0.625. The van der Waals surface area contributed by atoms with Gasteiger partial charge in [0.1, 0.15) is 5.15 Å². The van der Waals surface area contributed by atoms with Crippen LogP contribution in [0.1, 0.15) is 31.0 Å². The van der Waals surface area contributed by atoms with Crippen LogP contribution in [-0.2, 0) is 13.6 Å². The summed E-state index contributed by atoms with van der Waals surface area (Å²) < 4.78 is 1.67. The summed E-state index contributed by atoms with van der Waals surface area (Å²) >= 11 is 5.98. The Balaban J connectivity index is 3.20. The van der Waals surface area contributed by atoms with Crippen LogP contribution in [0.4, 0.5) is 0 Å². The summed E-state index contributed by atoms with van der Waals surface area (Å²) in [7, 11) is 1.83. The van der Waals surface area contributed by atoms with Crippen molar-refractivity contribution in [1.29, 1.82) is 0 Å². The molecule has 0 bridgehead atoms. The first-order valence-corrected chi connectivity index (χ1v) is 4.37. The molecule has 0 aliphatic carbocycles. The first kappa shape index (κ1) is 9.55. The average Bonchev–Trinajstić information content (AvgIpc) is 2.29. The van der Waals surface area contributed by atoms with Crippen molar-refractivity contribution in [3.63, 3.8) is 0 Å². The summed E-state index contributed by atoms with van der Waals surface area (Å²) in [6.45, 7) is 4.62. The Bertz CT molecular complexity index is 278. The van der Waals surface area contributed by atoms with Crippen molar-refractivity contribution < 1.29 is 0 Å². The molecular formula is C8H14ClN3. The predicted molar refractivity (Wildman–Crippen MR) is 50.2 cm³/mol. The van der Waals surface area contributed by atoms with Crippen molar-refractivity contribution >= 4 is 11.6 Å². The van der Waals surface area contributed by atoms with Crippen LogP contribution in [0.25, 0.3) is 0 Å². The minimum Gasteiger partial charge on any atom is -0.326 e. The lowest BCUT2D eigenvalue weighted by Gasteiger charge is -2.01. The van der Waals surface area contributed by atoms with E-state index in [-0.39, 0.29) is 0 Å². The van der Waals surface area contributed by atoms with Gasteiger partial charge in [0.15, 0.2) is 0 Å². The Hall–Kier alpha value is -0.540. The van der Waals surface area contributed by atoms with Gasteiger partial charge in [0.2, 0.25) is 0 Å². The minimum atomic E-state index is 0.377. The van der Waals surface area contributed by atoms with Crippen LogP contribution in [0.15, 0.2) is 0 Å². The Morgan fingerprint density at radius 1 is 1.58 bits per heavy atom. The minimum absolute atomic E-state index is 0.377. The van der Waals surface area contributed by atoms with E-state index in [2.05, 4.69) is 18.9 Å². The highest BCUT2D eigenvalue weighted by molar-refractivity contribution is 6.30. The molecule has 0 aliphatic heterocycles. The highest BCUT2D eigenvalue weighted by atomic mass is 35.5. The zero-order valence-electron chi connectivity index (χ0n) is 7.63. The van der Waals surface area contributed by atoms with E-state index in [9.17, 15) is 0 Å². The summed E-state index contributed by atoms with van der Waals surface area (Å²) in [6.07, 6.45) is 0. The molecule has 2 N–H and O–H groups in total. The normalized spacial score (nSPS) is 11.2. The molecule has 1 aromatic rings. The van der Waals surface area contributed by atoms with Crippen molar-refractivity contribution in [3.05, 3.63) is 16.4 Å². The van der Waals surface area contributed by atoms with Crippen molar-refractivity contribution in [2.75, 3.05) is 0 Å². The average molecular weight is 188 g/mol. The number of halogens is 1. The highest BCUT2D eigenvalue weighted by Gasteiger charge is 2.14. The standard InChI is InChI=1S/C8H14ClN3/c1-5(2)7-6(4-10)8(9)12(3)11-7/h5H,4,10H2,1-3H3. The lowest BCUT2D eigenvalue weighted by atomic mass is 10.1. The van der Waals surface area contributed by atoms with Gasteiger partial charge < -0.3 is 5.73 Å². The van der Waals surface area contributed by atoms with Crippen LogP contribution in [0.3, 0.4) is 0 Å². The molecule has 1 heterocycles. The largest absolute Gasteiger partial charge is 0.326 e. The van der Waals surface area contributed by atoms with Gasteiger partial charge in [-0.05, 0) is 5.92 Å². The molecule has 68 valence electrons. The van der Waals surface area contributed by atoms with Gasteiger partial charge in [-0.25, -0.2) is 0 Å². The SMILES string of the molecule is CC(C)c1nn(C)c(Cl)c1CN. The first-order valence-electron chi connectivity index (χ1n) is 3.99. The van der Waals surface area contributed by atoms with Gasteiger partial charge in [-0.15, -0.1) is 0 Å². The molecule has 4 heteroatoms. The predicted octanol–water partition coefficient (Wildman–Crippen LogP) is 1.66. The topological polar surface area (TPSA) is 43.8 Å². The Morgan fingerprint density at radius 3 is 2.50 bits per heavy atom. The maximum atomic E-state index is 5.98. The van der Waals surface area contributed by atoms with E-state index in [1.54, 1.807) is 4.68 Å². The van der Waals surface area contributed by atoms with Crippen LogP contribution in [0, 0.1) is 0 Å². The van der Waals surface area contributed by atoms with Gasteiger partial charge in [0, 0.05) is 19.2 Å². The number of nitrogens with two attached hydrogens (primary N) is 1. The Kier molecular flexibility index (Phi) is 2.75. The molecule has 0 unspecified atom stereocenters. The quantitative estimate of drug-likeness (QED) is 0.766. The van der Waals surface area contributed by atoms with Gasteiger partial charge in [0.25, 0.3) is 0 Å².